The predicted molar refractivity (Wildman–Crippen MR) is 95.4 cm³/mol. The first-order valence-corrected chi connectivity index (χ1v) is 8.83. The van der Waals surface area contributed by atoms with Crippen LogP contribution in [0.4, 0.5) is 8.78 Å². The Bertz CT molecular complexity index is 834. The van der Waals surface area contributed by atoms with Gasteiger partial charge >= 0.3 is 0 Å². The van der Waals surface area contributed by atoms with Gasteiger partial charge in [0.15, 0.2) is 11.6 Å². The molecule has 25 heavy (non-hydrogen) atoms. The summed E-state index contributed by atoms with van der Waals surface area (Å²) in [5.74, 6) is -1.90. The SMILES string of the molecule is O=C(CCc1ccc(F)c(F)c1)NC(c1ccccc1)c1cccs1. The maximum atomic E-state index is 13.2. The predicted octanol–water partition coefficient (Wildman–Crippen LogP) is 4.86. The van der Waals surface area contributed by atoms with E-state index in [1.807, 2.05) is 47.8 Å². The third-order valence-corrected chi connectivity index (χ3v) is 4.83. The van der Waals surface area contributed by atoms with Crippen molar-refractivity contribution in [2.24, 2.45) is 0 Å². The molecule has 1 unspecified atom stereocenters. The van der Waals surface area contributed by atoms with Gasteiger partial charge in [0, 0.05) is 11.3 Å². The summed E-state index contributed by atoms with van der Waals surface area (Å²) in [5.41, 5.74) is 1.60. The maximum absolute atomic E-state index is 13.2. The van der Waals surface area contributed by atoms with E-state index in [0.717, 1.165) is 22.6 Å². The lowest BCUT2D eigenvalue weighted by atomic mass is 10.0. The maximum Gasteiger partial charge on any atom is 0.221 e. The van der Waals surface area contributed by atoms with Crippen molar-refractivity contribution < 1.29 is 13.6 Å². The van der Waals surface area contributed by atoms with Crippen molar-refractivity contribution in [2.75, 3.05) is 0 Å². The third kappa shape index (κ3) is 4.51. The van der Waals surface area contributed by atoms with Crippen molar-refractivity contribution in [3.05, 3.63) is 93.7 Å². The van der Waals surface area contributed by atoms with E-state index >= 15 is 0 Å². The number of amides is 1. The van der Waals surface area contributed by atoms with Crippen LogP contribution in [0.2, 0.25) is 0 Å². The minimum Gasteiger partial charge on any atom is -0.344 e. The van der Waals surface area contributed by atoms with Crippen LogP contribution in [0.3, 0.4) is 0 Å². The molecule has 1 N–H and O–H groups in total. The number of hydrogen-bond acceptors (Lipinski definition) is 2. The standard InChI is InChI=1S/C20H17F2NOS/c21-16-10-8-14(13-17(16)22)9-11-19(24)23-20(18-7-4-12-25-18)15-5-2-1-3-6-15/h1-8,10,12-13,20H,9,11H2,(H,23,24). The molecule has 0 aliphatic heterocycles. The molecule has 0 aliphatic rings. The van der Waals surface area contributed by atoms with Crippen molar-refractivity contribution in [3.63, 3.8) is 0 Å². The van der Waals surface area contributed by atoms with E-state index in [2.05, 4.69) is 5.32 Å². The summed E-state index contributed by atoms with van der Waals surface area (Å²) in [6.07, 6.45) is 0.564. The first-order chi connectivity index (χ1) is 12.1. The number of nitrogens with one attached hydrogen (secondary N) is 1. The average molecular weight is 357 g/mol. The van der Waals surface area contributed by atoms with E-state index in [4.69, 9.17) is 0 Å². The van der Waals surface area contributed by atoms with Gasteiger partial charge in [0.1, 0.15) is 0 Å². The normalized spacial score (nSPS) is 11.9. The Balaban J connectivity index is 1.67. The van der Waals surface area contributed by atoms with Crippen LogP contribution in [0, 0.1) is 11.6 Å². The van der Waals surface area contributed by atoms with Crippen molar-refractivity contribution >= 4 is 17.2 Å². The van der Waals surface area contributed by atoms with Crippen LogP contribution < -0.4 is 5.32 Å². The molecule has 0 bridgehead atoms. The van der Waals surface area contributed by atoms with Gasteiger partial charge in [-0.25, -0.2) is 8.78 Å². The van der Waals surface area contributed by atoms with Crippen LogP contribution >= 0.6 is 11.3 Å². The number of rotatable bonds is 6. The molecule has 1 amide bonds. The average Bonchev–Trinajstić information content (AvgIpc) is 3.16. The quantitative estimate of drug-likeness (QED) is 0.670. The molecular formula is C20H17F2NOS. The summed E-state index contributed by atoms with van der Waals surface area (Å²) in [4.78, 5) is 13.4. The number of carbonyl (C=O) groups is 1. The van der Waals surface area contributed by atoms with E-state index in [1.54, 1.807) is 11.3 Å². The van der Waals surface area contributed by atoms with Gasteiger partial charge in [-0.3, -0.25) is 4.79 Å². The highest BCUT2D eigenvalue weighted by Crippen LogP contribution is 2.26. The van der Waals surface area contributed by atoms with Crippen LogP contribution in [-0.2, 0) is 11.2 Å². The monoisotopic (exact) mass is 357 g/mol. The van der Waals surface area contributed by atoms with E-state index in [9.17, 15) is 13.6 Å². The fraction of sp³-hybridized carbons (Fsp3) is 0.150. The number of halogens is 2. The minimum atomic E-state index is -0.890. The molecule has 0 aliphatic carbocycles. The largest absolute Gasteiger partial charge is 0.344 e. The van der Waals surface area contributed by atoms with Gasteiger partial charge < -0.3 is 5.32 Å². The Morgan fingerprint density at radius 3 is 2.48 bits per heavy atom. The van der Waals surface area contributed by atoms with Crippen LogP contribution in [0.5, 0.6) is 0 Å². The highest BCUT2D eigenvalue weighted by atomic mass is 32.1. The molecule has 0 saturated carbocycles. The van der Waals surface area contributed by atoms with Gasteiger partial charge in [0.05, 0.1) is 6.04 Å². The highest BCUT2D eigenvalue weighted by molar-refractivity contribution is 7.10. The van der Waals surface area contributed by atoms with Crippen molar-refractivity contribution in [1.82, 2.24) is 5.32 Å². The fourth-order valence-electron chi connectivity index (χ4n) is 2.61. The van der Waals surface area contributed by atoms with Crippen molar-refractivity contribution in [2.45, 2.75) is 18.9 Å². The number of thiophene rings is 1. The van der Waals surface area contributed by atoms with Gasteiger partial charge in [-0.1, -0.05) is 42.5 Å². The van der Waals surface area contributed by atoms with Crippen LogP contribution in [-0.4, -0.2) is 5.91 Å². The molecule has 0 radical (unpaired) electrons. The Labute approximate surface area is 149 Å². The Morgan fingerprint density at radius 2 is 1.80 bits per heavy atom. The van der Waals surface area contributed by atoms with Crippen LogP contribution in [0.15, 0.2) is 66.0 Å². The second-order valence-electron chi connectivity index (χ2n) is 5.68. The number of carbonyl (C=O) groups excluding carboxylic acids is 1. The molecular weight excluding hydrogens is 340 g/mol. The molecule has 3 rings (SSSR count). The van der Waals surface area contributed by atoms with Crippen molar-refractivity contribution in [3.8, 4) is 0 Å². The lowest BCUT2D eigenvalue weighted by Crippen LogP contribution is -2.29. The summed E-state index contributed by atoms with van der Waals surface area (Å²) in [5, 5.41) is 5.01. The summed E-state index contributed by atoms with van der Waals surface area (Å²) >= 11 is 1.58. The Hall–Kier alpha value is -2.53. The Morgan fingerprint density at radius 1 is 1.00 bits per heavy atom. The van der Waals surface area contributed by atoms with E-state index in [0.29, 0.717) is 12.0 Å². The topological polar surface area (TPSA) is 29.1 Å². The summed E-state index contributed by atoms with van der Waals surface area (Å²) < 4.78 is 26.2. The van der Waals surface area contributed by atoms with Gasteiger partial charge in [-0.05, 0) is 41.1 Å². The molecule has 5 heteroatoms. The smallest absolute Gasteiger partial charge is 0.221 e. The van der Waals surface area contributed by atoms with E-state index in [1.165, 1.54) is 6.07 Å². The van der Waals surface area contributed by atoms with Gasteiger partial charge in [0.25, 0.3) is 0 Å². The molecule has 3 aromatic rings. The molecule has 2 nitrogen and oxygen atoms in total. The fourth-order valence-corrected chi connectivity index (χ4v) is 3.41. The van der Waals surface area contributed by atoms with Crippen molar-refractivity contribution in [1.29, 1.82) is 0 Å². The molecule has 1 heterocycles. The third-order valence-electron chi connectivity index (χ3n) is 3.89. The molecule has 0 spiro atoms. The molecule has 1 atom stereocenters. The Kier molecular flexibility index (Phi) is 5.56. The second-order valence-corrected chi connectivity index (χ2v) is 6.65. The van der Waals surface area contributed by atoms with Gasteiger partial charge in [-0.15, -0.1) is 11.3 Å². The van der Waals surface area contributed by atoms with Gasteiger partial charge in [0.2, 0.25) is 5.91 Å². The second kappa shape index (κ2) is 8.03. The summed E-state index contributed by atoms with van der Waals surface area (Å²) in [6.45, 7) is 0. The zero-order chi connectivity index (χ0) is 17.6. The molecule has 1 aromatic heterocycles. The van der Waals surface area contributed by atoms with E-state index in [-0.39, 0.29) is 18.4 Å². The van der Waals surface area contributed by atoms with Gasteiger partial charge in [-0.2, -0.15) is 0 Å². The number of benzene rings is 2. The number of aryl methyl sites for hydroxylation is 1. The molecule has 2 aromatic carbocycles. The van der Waals surface area contributed by atoms with Crippen LogP contribution in [0.25, 0.3) is 0 Å². The first-order valence-electron chi connectivity index (χ1n) is 7.95. The van der Waals surface area contributed by atoms with E-state index < -0.39 is 11.6 Å². The molecule has 0 saturated heterocycles. The number of hydrogen-bond donors (Lipinski definition) is 1. The minimum absolute atomic E-state index is 0.132. The zero-order valence-electron chi connectivity index (χ0n) is 13.4. The molecule has 128 valence electrons. The highest BCUT2D eigenvalue weighted by Gasteiger charge is 2.17. The lowest BCUT2D eigenvalue weighted by Gasteiger charge is -2.18. The first kappa shape index (κ1) is 17.3. The summed E-state index contributed by atoms with van der Waals surface area (Å²) in [7, 11) is 0. The lowest BCUT2D eigenvalue weighted by molar-refractivity contribution is -0.121. The zero-order valence-corrected chi connectivity index (χ0v) is 14.2. The van der Waals surface area contributed by atoms with Crippen LogP contribution in [0.1, 0.15) is 28.5 Å². The summed E-state index contributed by atoms with van der Waals surface area (Å²) in [6, 6.07) is 17.2. The molecule has 0 fully saturated rings.